The van der Waals surface area contributed by atoms with Gasteiger partial charge in [-0.3, -0.25) is 0 Å². The van der Waals surface area contributed by atoms with E-state index in [1.54, 1.807) is 17.4 Å². The van der Waals surface area contributed by atoms with Crippen LogP contribution in [-0.4, -0.2) is 19.6 Å². The molecule has 7 heteroatoms. The smallest absolute Gasteiger partial charge is 0.243 e. The normalized spacial score (nSPS) is 11.1. The zero-order valence-electron chi connectivity index (χ0n) is 10.3. The lowest BCUT2D eigenvalue weighted by Crippen LogP contribution is -2.00. The molecule has 0 aliphatic heterocycles. The molecule has 1 N–H and O–H groups in total. The molecule has 0 amide bonds. The number of hydrogen-bond acceptors (Lipinski definition) is 5. The maximum Gasteiger partial charge on any atom is 0.243 e. The molecule has 0 aliphatic rings. The second-order valence-corrected chi connectivity index (χ2v) is 5.21. The molecule has 3 heterocycles. The van der Waals surface area contributed by atoms with Crippen LogP contribution in [0.25, 0.3) is 5.65 Å². The van der Waals surface area contributed by atoms with Crippen LogP contribution in [0.3, 0.4) is 0 Å². The molecule has 19 heavy (non-hydrogen) atoms. The Balaban J connectivity index is 1.74. The van der Waals surface area contributed by atoms with E-state index in [1.165, 1.54) is 21.7 Å². The summed E-state index contributed by atoms with van der Waals surface area (Å²) >= 11 is 1.67. The minimum Gasteiger partial charge on any atom is -0.346 e. The summed E-state index contributed by atoms with van der Waals surface area (Å²) < 4.78 is 14.4. The second kappa shape index (κ2) is 4.93. The fourth-order valence-electron chi connectivity index (χ4n) is 1.68. The van der Waals surface area contributed by atoms with Crippen molar-refractivity contribution < 1.29 is 4.39 Å². The average Bonchev–Trinajstić information content (AvgIpc) is 3.01. The first-order valence-corrected chi connectivity index (χ1v) is 6.75. The predicted molar refractivity (Wildman–Crippen MR) is 71.8 cm³/mol. The fourth-order valence-corrected chi connectivity index (χ4v) is 2.48. The van der Waals surface area contributed by atoms with Gasteiger partial charge in [-0.25, -0.2) is 13.9 Å². The summed E-state index contributed by atoms with van der Waals surface area (Å²) in [4.78, 5) is 9.80. The highest BCUT2D eigenvalue weighted by molar-refractivity contribution is 7.11. The highest BCUT2D eigenvalue weighted by Crippen LogP contribution is 2.14. The van der Waals surface area contributed by atoms with Crippen molar-refractivity contribution in [3.05, 3.63) is 40.2 Å². The van der Waals surface area contributed by atoms with Crippen LogP contribution >= 0.6 is 11.3 Å². The maximum atomic E-state index is 13.0. The number of nitrogens with zero attached hydrogens (tertiary/aromatic N) is 4. The monoisotopic (exact) mass is 277 g/mol. The van der Waals surface area contributed by atoms with Gasteiger partial charge < -0.3 is 5.32 Å². The van der Waals surface area contributed by atoms with Crippen molar-refractivity contribution in [3.63, 3.8) is 0 Å². The molecule has 3 rings (SSSR count). The van der Waals surface area contributed by atoms with Crippen LogP contribution in [0.1, 0.15) is 16.8 Å². The van der Waals surface area contributed by atoms with Gasteiger partial charge in [-0.2, -0.15) is 4.98 Å². The van der Waals surface area contributed by atoms with Gasteiger partial charge in [0.15, 0.2) is 5.65 Å². The van der Waals surface area contributed by atoms with Crippen molar-refractivity contribution >= 4 is 22.9 Å². The van der Waals surface area contributed by atoms with Crippen LogP contribution in [0.4, 0.5) is 10.3 Å². The third kappa shape index (κ3) is 2.55. The number of rotatable bonds is 4. The molecule has 98 valence electrons. The molecule has 0 aromatic carbocycles. The number of aryl methyl sites for hydroxylation is 1. The number of pyridine rings is 1. The van der Waals surface area contributed by atoms with Crippen molar-refractivity contribution in [1.82, 2.24) is 19.6 Å². The van der Waals surface area contributed by atoms with Gasteiger partial charge in [-0.1, -0.05) is 6.92 Å². The number of aromatic nitrogens is 4. The van der Waals surface area contributed by atoms with E-state index in [0.717, 1.165) is 11.4 Å². The van der Waals surface area contributed by atoms with E-state index in [9.17, 15) is 4.39 Å². The lowest BCUT2D eigenvalue weighted by molar-refractivity contribution is 0.615. The van der Waals surface area contributed by atoms with Crippen molar-refractivity contribution in [3.8, 4) is 0 Å². The molecule has 0 bridgehead atoms. The van der Waals surface area contributed by atoms with Gasteiger partial charge in [-0.05, 0) is 18.6 Å². The predicted octanol–water partition coefficient (Wildman–Crippen LogP) is 2.50. The number of nitrogens with one attached hydrogen (secondary N) is 1. The SMILES string of the molecule is CCc1cnc(CNc2nc3ccc(F)cn3n2)s1. The summed E-state index contributed by atoms with van der Waals surface area (Å²) in [5, 5.41) is 8.22. The maximum absolute atomic E-state index is 13.0. The van der Waals surface area contributed by atoms with Crippen molar-refractivity contribution in [2.24, 2.45) is 0 Å². The largest absolute Gasteiger partial charge is 0.346 e. The van der Waals surface area contributed by atoms with Crippen molar-refractivity contribution in [1.29, 1.82) is 0 Å². The summed E-state index contributed by atoms with van der Waals surface area (Å²) in [5.41, 5.74) is 0.609. The minimum atomic E-state index is -0.337. The van der Waals surface area contributed by atoms with Gasteiger partial charge in [0, 0.05) is 11.1 Å². The average molecular weight is 277 g/mol. The van der Waals surface area contributed by atoms with E-state index >= 15 is 0 Å². The first-order chi connectivity index (χ1) is 9.24. The molecule has 3 aromatic heterocycles. The lowest BCUT2D eigenvalue weighted by atomic mass is 10.4. The second-order valence-electron chi connectivity index (χ2n) is 4.01. The van der Waals surface area contributed by atoms with E-state index in [1.807, 2.05) is 6.20 Å². The molecule has 5 nitrogen and oxygen atoms in total. The van der Waals surface area contributed by atoms with Gasteiger partial charge in [0.1, 0.15) is 10.8 Å². The number of halogens is 1. The summed E-state index contributed by atoms with van der Waals surface area (Å²) in [6.07, 6.45) is 4.17. The Kier molecular flexibility index (Phi) is 3.12. The van der Waals surface area contributed by atoms with Gasteiger partial charge >= 0.3 is 0 Å². The zero-order chi connectivity index (χ0) is 13.2. The number of thiazole rings is 1. The highest BCUT2D eigenvalue weighted by atomic mass is 32.1. The van der Waals surface area contributed by atoms with E-state index in [4.69, 9.17) is 0 Å². The Hall–Kier alpha value is -2.02. The Morgan fingerprint density at radius 1 is 1.42 bits per heavy atom. The molecule has 0 aliphatic carbocycles. The molecule has 0 saturated heterocycles. The molecule has 0 fully saturated rings. The van der Waals surface area contributed by atoms with Crippen LogP contribution < -0.4 is 5.32 Å². The molecule has 0 unspecified atom stereocenters. The summed E-state index contributed by atoms with van der Waals surface area (Å²) in [5.74, 6) is 0.135. The van der Waals surface area contributed by atoms with Crippen LogP contribution in [0.15, 0.2) is 24.5 Å². The Morgan fingerprint density at radius 3 is 3.11 bits per heavy atom. The van der Waals surface area contributed by atoms with E-state index in [2.05, 4.69) is 27.3 Å². The standard InChI is InChI=1S/C12H12FN5S/c1-2-9-5-14-11(19-9)6-15-12-16-10-4-3-8(13)7-18(10)17-12/h3-5,7H,2,6H2,1H3,(H,15,17). The van der Waals surface area contributed by atoms with E-state index in [0.29, 0.717) is 18.1 Å². The third-order valence-corrected chi connectivity index (χ3v) is 3.78. The van der Waals surface area contributed by atoms with Gasteiger partial charge in [0.25, 0.3) is 0 Å². The Morgan fingerprint density at radius 2 is 2.32 bits per heavy atom. The molecular weight excluding hydrogens is 265 g/mol. The van der Waals surface area contributed by atoms with Crippen LogP contribution in [-0.2, 0) is 13.0 Å². The number of hydrogen-bond donors (Lipinski definition) is 1. The van der Waals surface area contributed by atoms with Gasteiger partial charge in [-0.15, -0.1) is 16.4 Å². The zero-order valence-corrected chi connectivity index (χ0v) is 11.1. The Bertz CT molecular complexity index is 705. The summed E-state index contributed by atoms with van der Waals surface area (Å²) in [6, 6.07) is 2.95. The first kappa shape index (κ1) is 12.0. The van der Waals surface area contributed by atoms with Gasteiger partial charge in [0.2, 0.25) is 5.95 Å². The quantitative estimate of drug-likeness (QED) is 0.796. The van der Waals surface area contributed by atoms with Gasteiger partial charge in [0.05, 0.1) is 12.7 Å². The fraction of sp³-hybridized carbons (Fsp3) is 0.250. The highest BCUT2D eigenvalue weighted by Gasteiger charge is 2.05. The first-order valence-electron chi connectivity index (χ1n) is 5.94. The number of fused-ring (bicyclic) bond motifs is 1. The number of anilines is 1. The molecule has 0 radical (unpaired) electrons. The molecule has 0 saturated carbocycles. The van der Waals surface area contributed by atoms with Crippen LogP contribution in [0.5, 0.6) is 0 Å². The van der Waals surface area contributed by atoms with Crippen molar-refractivity contribution in [2.75, 3.05) is 5.32 Å². The molecule has 0 atom stereocenters. The van der Waals surface area contributed by atoms with Crippen LogP contribution in [0.2, 0.25) is 0 Å². The summed E-state index contributed by atoms with van der Waals surface area (Å²) in [6.45, 7) is 2.67. The lowest BCUT2D eigenvalue weighted by Gasteiger charge is -1.96. The van der Waals surface area contributed by atoms with E-state index < -0.39 is 0 Å². The molecular formula is C12H12FN5S. The molecule has 0 spiro atoms. The van der Waals surface area contributed by atoms with Crippen molar-refractivity contribution in [2.45, 2.75) is 19.9 Å². The Labute approximate surface area is 113 Å². The topological polar surface area (TPSA) is 55.1 Å². The summed E-state index contributed by atoms with van der Waals surface area (Å²) in [7, 11) is 0. The van der Waals surface area contributed by atoms with Crippen LogP contribution in [0, 0.1) is 5.82 Å². The van der Waals surface area contributed by atoms with E-state index in [-0.39, 0.29) is 5.82 Å². The third-order valence-electron chi connectivity index (χ3n) is 2.64. The molecule has 3 aromatic rings. The minimum absolute atomic E-state index is 0.337.